The maximum atomic E-state index is 11.3. The number of hydrogen-bond acceptors (Lipinski definition) is 3. The van der Waals surface area contributed by atoms with Gasteiger partial charge in [0.2, 0.25) is 0 Å². The molecule has 0 bridgehead atoms. The number of aliphatic hydroxyl groups is 1. The molecule has 0 radical (unpaired) electrons. The summed E-state index contributed by atoms with van der Waals surface area (Å²) in [7, 11) is 0. The van der Waals surface area contributed by atoms with E-state index in [2.05, 4.69) is 0 Å². The van der Waals surface area contributed by atoms with E-state index in [1.165, 1.54) is 12.1 Å². The molecule has 0 saturated heterocycles. The molecule has 1 aromatic carbocycles. The fraction of sp³-hybridized carbons (Fsp3) is 0.300. The highest BCUT2D eigenvalue weighted by Crippen LogP contribution is 2.11. The molecular formula is C10H12O3. The fourth-order valence-electron chi connectivity index (χ4n) is 1.03. The molecule has 0 fully saturated rings. The van der Waals surface area contributed by atoms with Crippen LogP contribution in [0.2, 0.25) is 0 Å². The first-order valence-electron chi connectivity index (χ1n) is 4.10. The number of phenols is 1. The Morgan fingerprint density at radius 3 is 2.38 bits per heavy atom. The molecule has 70 valence electrons. The van der Waals surface area contributed by atoms with Crippen molar-refractivity contribution >= 4 is 5.78 Å². The summed E-state index contributed by atoms with van der Waals surface area (Å²) >= 11 is 0. The Labute approximate surface area is 76.6 Å². The van der Waals surface area contributed by atoms with Gasteiger partial charge in [-0.15, -0.1) is 0 Å². The van der Waals surface area contributed by atoms with Gasteiger partial charge in [-0.25, -0.2) is 0 Å². The Bertz CT molecular complexity index is 288. The van der Waals surface area contributed by atoms with Gasteiger partial charge in [0, 0.05) is 12.0 Å². The van der Waals surface area contributed by atoms with Gasteiger partial charge >= 0.3 is 0 Å². The van der Waals surface area contributed by atoms with Crippen molar-refractivity contribution in [3.8, 4) is 5.75 Å². The van der Waals surface area contributed by atoms with Crippen molar-refractivity contribution in [2.45, 2.75) is 19.4 Å². The number of carbonyl (C=O) groups excluding carboxylic acids is 1. The molecule has 0 aliphatic carbocycles. The first-order chi connectivity index (χ1) is 6.09. The van der Waals surface area contributed by atoms with E-state index < -0.39 is 6.10 Å². The number of carbonyl (C=O) groups is 1. The van der Waals surface area contributed by atoms with Gasteiger partial charge in [-0.1, -0.05) is 0 Å². The molecule has 1 unspecified atom stereocenters. The summed E-state index contributed by atoms with van der Waals surface area (Å²) in [6.07, 6.45) is -0.508. The van der Waals surface area contributed by atoms with E-state index in [9.17, 15) is 4.79 Å². The molecule has 1 rings (SSSR count). The number of aromatic hydroxyl groups is 1. The third-order valence-electron chi connectivity index (χ3n) is 1.67. The van der Waals surface area contributed by atoms with Crippen LogP contribution in [0.4, 0.5) is 0 Å². The zero-order chi connectivity index (χ0) is 9.84. The van der Waals surface area contributed by atoms with Gasteiger partial charge in [0.15, 0.2) is 5.78 Å². The van der Waals surface area contributed by atoms with Crippen molar-refractivity contribution in [3.05, 3.63) is 29.8 Å². The number of Topliss-reactive ketones (excluding diaryl/α,β-unsaturated/α-hetero) is 1. The van der Waals surface area contributed by atoms with Crippen LogP contribution < -0.4 is 0 Å². The quantitative estimate of drug-likeness (QED) is 0.690. The summed E-state index contributed by atoms with van der Waals surface area (Å²) in [5.41, 5.74) is 0.513. The SMILES string of the molecule is CC(O)CC(=O)c1ccc(O)cc1. The van der Waals surface area contributed by atoms with E-state index in [0.29, 0.717) is 5.56 Å². The minimum atomic E-state index is -0.624. The largest absolute Gasteiger partial charge is 0.508 e. The van der Waals surface area contributed by atoms with Crippen molar-refractivity contribution in [2.24, 2.45) is 0 Å². The molecule has 13 heavy (non-hydrogen) atoms. The highest BCUT2D eigenvalue weighted by atomic mass is 16.3. The second-order valence-electron chi connectivity index (χ2n) is 3.02. The second-order valence-corrected chi connectivity index (χ2v) is 3.02. The maximum Gasteiger partial charge on any atom is 0.165 e. The average molecular weight is 180 g/mol. The third-order valence-corrected chi connectivity index (χ3v) is 1.67. The van der Waals surface area contributed by atoms with Gasteiger partial charge in [-0.05, 0) is 31.2 Å². The lowest BCUT2D eigenvalue weighted by Gasteiger charge is -2.02. The van der Waals surface area contributed by atoms with Crippen molar-refractivity contribution in [3.63, 3.8) is 0 Å². The number of benzene rings is 1. The average Bonchev–Trinajstić information content (AvgIpc) is 2.04. The highest BCUT2D eigenvalue weighted by molar-refractivity contribution is 5.96. The molecule has 3 nitrogen and oxygen atoms in total. The molecule has 0 aromatic heterocycles. The van der Waals surface area contributed by atoms with Crippen molar-refractivity contribution in [2.75, 3.05) is 0 Å². The normalized spacial score (nSPS) is 12.5. The molecule has 0 heterocycles. The van der Waals surface area contributed by atoms with Crippen molar-refractivity contribution in [1.29, 1.82) is 0 Å². The van der Waals surface area contributed by atoms with Gasteiger partial charge in [0.25, 0.3) is 0 Å². The van der Waals surface area contributed by atoms with Crippen LogP contribution in [0.25, 0.3) is 0 Å². The Kier molecular flexibility index (Phi) is 3.03. The molecule has 3 heteroatoms. The molecule has 0 amide bonds. The Morgan fingerprint density at radius 2 is 1.92 bits per heavy atom. The highest BCUT2D eigenvalue weighted by Gasteiger charge is 2.08. The Balaban J connectivity index is 2.72. The second kappa shape index (κ2) is 4.05. The van der Waals surface area contributed by atoms with E-state index in [-0.39, 0.29) is 18.0 Å². The number of rotatable bonds is 3. The van der Waals surface area contributed by atoms with Crippen LogP contribution in [-0.2, 0) is 0 Å². The van der Waals surface area contributed by atoms with Gasteiger partial charge in [-0.2, -0.15) is 0 Å². The van der Waals surface area contributed by atoms with Crippen LogP contribution in [0, 0.1) is 0 Å². The zero-order valence-electron chi connectivity index (χ0n) is 7.40. The predicted octanol–water partition coefficient (Wildman–Crippen LogP) is 1.35. The van der Waals surface area contributed by atoms with Gasteiger partial charge in [0.1, 0.15) is 5.75 Å². The van der Waals surface area contributed by atoms with Crippen molar-refractivity contribution in [1.82, 2.24) is 0 Å². The molecule has 1 aromatic rings. The van der Waals surface area contributed by atoms with Gasteiger partial charge in [0.05, 0.1) is 6.10 Å². The summed E-state index contributed by atoms with van der Waals surface area (Å²) < 4.78 is 0. The lowest BCUT2D eigenvalue weighted by atomic mass is 10.1. The monoisotopic (exact) mass is 180 g/mol. The lowest BCUT2D eigenvalue weighted by Crippen LogP contribution is -2.09. The lowest BCUT2D eigenvalue weighted by molar-refractivity contribution is 0.0901. The van der Waals surface area contributed by atoms with E-state index in [1.807, 2.05) is 0 Å². The first-order valence-corrected chi connectivity index (χ1v) is 4.10. The summed E-state index contributed by atoms with van der Waals surface area (Å²) in [4.78, 5) is 11.3. The molecule has 1 atom stereocenters. The van der Waals surface area contributed by atoms with Crippen molar-refractivity contribution < 1.29 is 15.0 Å². The van der Waals surface area contributed by atoms with Gasteiger partial charge in [-0.3, -0.25) is 4.79 Å². The Hall–Kier alpha value is -1.35. The van der Waals surface area contributed by atoms with E-state index in [1.54, 1.807) is 19.1 Å². The summed E-state index contributed by atoms with van der Waals surface area (Å²) in [5, 5.41) is 17.9. The predicted molar refractivity (Wildman–Crippen MR) is 48.7 cm³/mol. The molecular weight excluding hydrogens is 168 g/mol. The topological polar surface area (TPSA) is 57.5 Å². The zero-order valence-corrected chi connectivity index (χ0v) is 7.40. The minimum Gasteiger partial charge on any atom is -0.508 e. The summed E-state index contributed by atoms with van der Waals surface area (Å²) in [5.74, 6) is 0.0172. The van der Waals surface area contributed by atoms with E-state index in [0.717, 1.165) is 0 Å². The molecule has 0 saturated carbocycles. The van der Waals surface area contributed by atoms with Crippen LogP contribution >= 0.6 is 0 Å². The minimum absolute atomic E-state index is 0.116. The number of hydrogen-bond donors (Lipinski definition) is 2. The number of ketones is 1. The Morgan fingerprint density at radius 1 is 1.38 bits per heavy atom. The van der Waals surface area contributed by atoms with Gasteiger partial charge < -0.3 is 10.2 Å². The number of aliphatic hydroxyl groups excluding tert-OH is 1. The molecule has 0 aliphatic heterocycles. The summed E-state index contributed by atoms with van der Waals surface area (Å²) in [6.45, 7) is 1.57. The smallest absolute Gasteiger partial charge is 0.165 e. The van der Waals surface area contributed by atoms with Crippen LogP contribution in [0.1, 0.15) is 23.7 Å². The first kappa shape index (κ1) is 9.74. The van der Waals surface area contributed by atoms with E-state index in [4.69, 9.17) is 10.2 Å². The maximum absolute atomic E-state index is 11.3. The molecule has 2 N–H and O–H groups in total. The molecule has 0 aliphatic rings. The van der Waals surface area contributed by atoms with Crippen LogP contribution in [0.3, 0.4) is 0 Å². The standard InChI is InChI=1S/C10H12O3/c1-7(11)6-10(13)8-2-4-9(12)5-3-8/h2-5,7,11-12H,6H2,1H3. The number of phenolic OH excluding ortho intramolecular Hbond substituents is 1. The third kappa shape index (κ3) is 2.87. The van der Waals surface area contributed by atoms with Crippen LogP contribution in [-0.4, -0.2) is 22.1 Å². The van der Waals surface area contributed by atoms with Crippen LogP contribution in [0.15, 0.2) is 24.3 Å². The fourth-order valence-corrected chi connectivity index (χ4v) is 1.03. The van der Waals surface area contributed by atoms with Crippen LogP contribution in [0.5, 0.6) is 5.75 Å². The van der Waals surface area contributed by atoms with E-state index >= 15 is 0 Å². The molecule has 0 spiro atoms. The summed E-state index contributed by atoms with van der Waals surface area (Å²) in [6, 6.07) is 5.99.